The number of epoxide rings is 1. The number of aliphatic hydroxyl groups is 1. The summed E-state index contributed by atoms with van der Waals surface area (Å²) in [7, 11) is 0. The second-order valence-electron chi connectivity index (χ2n) is 17.6. The Bertz CT molecular complexity index is 1830. The van der Waals surface area contributed by atoms with Crippen LogP contribution in [0, 0.1) is 10.8 Å². The molecule has 3 aliphatic rings. The van der Waals surface area contributed by atoms with Crippen molar-refractivity contribution in [2.75, 3.05) is 0 Å². The molecular weight excluding hydrogens is 685 g/mol. The first kappa shape index (κ1) is 43.7. The highest BCUT2D eigenvalue weighted by atomic mass is 16.6. The van der Waals surface area contributed by atoms with Crippen LogP contribution in [0.3, 0.4) is 0 Å². The Morgan fingerprint density at radius 2 is 1.38 bits per heavy atom. The molecule has 0 amide bonds. The lowest BCUT2D eigenvalue weighted by Crippen LogP contribution is -2.49. The molecule has 1 aromatic rings. The topological polar surface area (TPSA) is 85.4 Å². The van der Waals surface area contributed by atoms with E-state index in [0.29, 0.717) is 25.9 Å². The maximum atomic E-state index is 13.4. The predicted octanol–water partition coefficient (Wildman–Crippen LogP) is 10.9. The highest BCUT2D eigenvalue weighted by Gasteiger charge is 2.76. The van der Waals surface area contributed by atoms with Gasteiger partial charge in [0.05, 0.1) is 23.9 Å². The molecule has 4 rings (SSSR count). The third-order valence-corrected chi connectivity index (χ3v) is 11.4. The van der Waals surface area contributed by atoms with E-state index in [9.17, 15) is 14.7 Å². The van der Waals surface area contributed by atoms with E-state index in [2.05, 4.69) is 52.5 Å². The van der Waals surface area contributed by atoms with Crippen LogP contribution >= 0.6 is 0 Å². The molecule has 296 valence electrons. The van der Waals surface area contributed by atoms with Gasteiger partial charge in [-0.2, -0.15) is 0 Å². The molecule has 1 aromatic carbocycles. The van der Waals surface area contributed by atoms with E-state index >= 15 is 0 Å². The van der Waals surface area contributed by atoms with E-state index in [-0.39, 0.29) is 40.4 Å². The molecule has 1 heterocycles. The largest absolute Gasteiger partial charge is 0.462 e. The van der Waals surface area contributed by atoms with Crippen LogP contribution in [-0.4, -0.2) is 45.9 Å². The number of carbonyl (C=O) groups excluding carboxylic acids is 2. The van der Waals surface area contributed by atoms with Crippen LogP contribution in [0.2, 0.25) is 0 Å². The van der Waals surface area contributed by atoms with Gasteiger partial charge in [0.1, 0.15) is 11.7 Å². The molecule has 1 saturated heterocycles. The zero-order valence-electron chi connectivity index (χ0n) is 35.1. The molecule has 5 atom stereocenters. The van der Waals surface area contributed by atoms with Crippen LogP contribution in [0.5, 0.6) is 0 Å². The van der Waals surface area contributed by atoms with Crippen molar-refractivity contribution in [3.8, 4) is 0 Å². The molecule has 1 aliphatic heterocycles. The van der Waals surface area contributed by atoms with Crippen LogP contribution in [-0.2, 0) is 30.4 Å². The summed E-state index contributed by atoms with van der Waals surface area (Å²) >= 11 is 0. The molecule has 4 unspecified atom stereocenters. The number of allylic oxidation sites excluding steroid dienone is 14. The van der Waals surface area contributed by atoms with Gasteiger partial charge in [-0.3, -0.25) is 9.59 Å². The lowest BCUT2D eigenvalue weighted by molar-refractivity contribution is -0.152. The number of esters is 1. The van der Waals surface area contributed by atoms with Crippen molar-refractivity contribution in [1.29, 1.82) is 0 Å². The second-order valence-corrected chi connectivity index (χ2v) is 17.6. The number of hydrogen-bond acceptors (Lipinski definition) is 6. The third-order valence-electron chi connectivity index (χ3n) is 11.4. The van der Waals surface area contributed by atoms with Gasteiger partial charge in [-0.25, -0.2) is 0 Å². The monoisotopic (exact) mass is 748 g/mol. The normalized spacial score (nSPS) is 29.7. The summed E-state index contributed by atoms with van der Waals surface area (Å²) in [6.45, 7) is 22.4. The Hall–Kier alpha value is -4.06. The van der Waals surface area contributed by atoms with Crippen LogP contribution < -0.4 is 0 Å². The summed E-state index contributed by atoms with van der Waals surface area (Å²) in [6.07, 6.45) is 24.7. The summed E-state index contributed by atoms with van der Waals surface area (Å²) in [5.74, 6) is -0.204. The fourth-order valence-electron chi connectivity index (χ4n) is 8.63. The van der Waals surface area contributed by atoms with Crippen molar-refractivity contribution < 1.29 is 28.9 Å². The van der Waals surface area contributed by atoms with Gasteiger partial charge >= 0.3 is 5.97 Å². The number of ketones is 1. The fourth-order valence-corrected chi connectivity index (χ4v) is 8.63. The Balaban J connectivity index is 1.27. The van der Waals surface area contributed by atoms with Gasteiger partial charge in [0.2, 0.25) is 0 Å². The fraction of sp³-hybridized carbons (Fsp3) is 0.490. The smallest absolute Gasteiger partial charge is 0.302 e. The summed E-state index contributed by atoms with van der Waals surface area (Å²) < 4.78 is 18.2. The quantitative estimate of drug-likeness (QED) is 0.0670. The van der Waals surface area contributed by atoms with Crippen LogP contribution in [0.25, 0.3) is 0 Å². The van der Waals surface area contributed by atoms with Crippen molar-refractivity contribution in [3.63, 3.8) is 0 Å². The van der Waals surface area contributed by atoms with Gasteiger partial charge in [-0.15, -0.1) is 5.73 Å². The van der Waals surface area contributed by atoms with Crippen LogP contribution in [0.4, 0.5) is 0 Å². The predicted molar refractivity (Wildman–Crippen MR) is 223 cm³/mol. The van der Waals surface area contributed by atoms with Gasteiger partial charge < -0.3 is 19.3 Å². The molecule has 2 aliphatic carbocycles. The van der Waals surface area contributed by atoms with Gasteiger partial charge in [-0.1, -0.05) is 130 Å². The van der Waals surface area contributed by atoms with E-state index < -0.39 is 11.2 Å². The van der Waals surface area contributed by atoms with Crippen LogP contribution in [0.15, 0.2) is 131 Å². The van der Waals surface area contributed by atoms with Crippen molar-refractivity contribution in [3.05, 3.63) is 136 Å². The summed E-state index contributed by atoms with van der Waals surface area (Å²) in [5, 5.41) is 11.2. The molecular formula is C49H64O6. The summed E-state index contributed by atoms with van der Waals surface area (Å²) in [6, 6.07) is 10.3. The van der Waals surface area contributed by atoms with Crippen molar-refractivity contribution in [1.82, 2.24) is 0 Å². The number of benzene rings is 1. The van der Waals surface area contributed by atoms with Crippen molar-refractivity contribution >= 4 is 11.8 Å². The van der Waals surface area contributed by atoms with E-state index in [1.165, 1.54) is 12.5 Å². The minimum atomic E-state index is -1.11. The molecule has 3 fully saturated rings. The summed E-state index contributed by atoms with van der Waals surface area (Å²) in [5.41, 5.74) is 6.76. The third kappa shape index (κ3) is 11.5. The number of rotatable bonds is 14. The molecule has 6 heteroatoms. The molecule has 1 N–H and O–H groups in total. The summed E-state index contributed by atoms with van der Waals surface area (Å²) in [4.78, 5) is 24.9. The second kappa shape index (κ2) is 17.8. The molecule has 55 heavy (non-hydrogen) atoms. The standard InChI is InChI=1S/C49H64O6/c1-35(21-17-22-37(3)27-28-44-45(6,7)29-42(54-39(5)50)31-47(44,10)52)19-15-16-20-36(2)23-18-24-38(4)43(51)33-49-46(8,9)30-41(32-48(49,11)55-49)53-34-40-25-13-12-14-26-40/h12-27,41-42,52H,29-34H2,1-11H3/t28?,41?,42?,47-,48?,49?/m1/s1. The maximum absolute atomic E-state index is 13.4. The molecule has 0 aromatic heterocycles. The number of Topliss-reactive ketones (excluding diaryl/α,β-unsaturated/α-hetero) is 1. The Morgan fingerprint density at radius 1 is 0.782 bits per heavy atom. The molecule has 6 nitrogen and oxygen atoms in total. The zero-order valence-corrected chi connectivity index (χ0v) is 35.1. The number of fused-ring (bicyclic) bond motifs is 1. The highest BCUT2D eigenvalue weighted by molar-refractivity contribution is 5.96. The number of ether oxygens (including phenoxy) is 3. The van der Waals surface area contributed by atoms with E-state index in [0.717, 1.165) is 40.7 Å². The molecule has 2 saturated carbocycles. The number of hydrogen-bond donors (Lipinski definition) is 1. The SMILES string of the molecule is CC(=O)OC1CC(C)(C)C(=C=CC(C)=CC=CC(C)=CC=CC=C(C)C=CC=C(C)C(=O)CC23OC2(C)CC(OCc2ccccc2)CC3(C)C)[C@](C)(O)C1. The Morgan fingerprint density at radius 3 is 1.96 bits per heavy atom. The van der Waals surface area contributed by atoms with Crippen LogP contribution in [0.1, 0.15) is 114 Å². The van der Waals surface area contributed by atoms with E-state index in [1.807, 2.05) is 113 Å². The average molecular weight is 749 g/mol. The van der Waals surface area contributed by atoms with Gasteiger partial charge in [0.25, 0.3) is 0 Å². The first-order valence-corrected chi connectivity index (χ1v) is 19.7. The number of carbonyl (C=O) groups is 2. The molecule has 0 spiro atoms. The molecule has 0 radical (unpaired) electrons. The minimum Gasteiger partial charge on any atom is -0.462 e. The van der Waals surface area contributed by atoms with E-state index in [1.54, 1.807) is 6.92 Å². The van der Waals surface area contributed by atoms with Gasteiger partial charge in [-0.05, 0) is 88.0 Å². The average Bonchev–Trinajstić information content (AvgIpc) is 3.69. The van der Waals surface area contributed by atoms with E-state index in [4.69, 9.17) is 14.2 Å². The molecule has 0 bridgehead atoms. The van der Waals surface area contributed by atoms with Gasteiger partial charge in [0, 0.05) is 31.8 Å². The zero-order chi connectivity index (χ0) is 40.7. The minimum absolute atomic E-state index is 0.0933. The highest BCUT2D eigenvalue weighted by Crippen LogP contribution is 2.67. The lowest BCUT2D eigenvalue weighted by Gasteiger charge is -2.44. The van der Waals surface area contributed by atoms with Crippen molar-refractivity contribution in [2.24, 2.45) is 10.8 Å². The lowest BCUT2D eigenvalue weighted by atomic mass is 9.61. The van der Waals surface area contributed by atoms with Gasteiger partial charge in [0.15, 0.2) is 5.78 Å². The van der Waals surface area contributed by atoms with Crippen molar-refractivity contribution in [2.45, 2.75) is 144 Å². The Kier molecular flexibility index (Phi) is 14.1. The maximum Gasteiger partial charge on any atom is 0.302 e. The Labute approximate surface area is 330 Å². The first-order valence-electron chi connectivity index (χ1n) is 19.7. The first-order chi connectivity index (χ1) is 25.7.